The van der Waals surface area contributed by atoms with Crippen LogP contribution in [0.25, 0.3) is 122 Å². The molecule has 0 spiro atoms. The summed E-state index contributed by atoms with van der Waals surface area (Å²) in [7, 11) is 0. The minimum absolute atomic E-state index is 0.110. The van der Waals surface area contributed by atoms with Crippen LogP contribution < -0.4 is 9.80 Å². The zero-order valence-electron chi connectivity index (χ0n) is 61.0. The Labute approximate surface area is 632 Å². The topological polar surface area (TPSA) is 19.6 Å². The van der Waals surface area contributed by atoms with Gasteiger partial charge < -0.3 is 14.2 Å². The minimum atomic E-state index is -0.307. The average Bonchev–Trinajstić information content (AvgIpc) is 1.56. The maximum atomic E-state index is 6.45. The molecule has 3 aliphatic carbocycles. The lowest BCUT2D eigenvalue weighted by atomic mass is 9.68. The maximum absolute atomic E-state index is 6.45. The van der Waals surface area contributed by atoms with Crippen molar-refractivity contribution in [2.75, 3.05) is 9.80 Å². The van der Waals surface area contributed by atoms with Gasteiger partial charge in [-0.15, -0.1) is 0 Å². The predicted octanol–water partition coefficient (Wildman–Crippen LogP) is 28.9. The van der Waals surface area contributed by atoms with E-state index in [0.717, 1.165) is 96.7 Å². The van der Waals surface area contributed by atoms with Crippen molar-refractivity contribution in [2.45, 2.75) is 56.8 Å². The molecule has 3 heteroatoms. The number of nitrogens with zero attached hydrogens (tertiary/aromatic N) is 2. The number of rotatable bonds is 15. The number of furan rings is 1. The summed E-state index contributed by atoms with van der Waals surface area (Å²) < 4.78 is 6.45. The van der Waals surface area contributed by atoms with E-state index in [9.17, 15) is 0 Å². The highest BCUT2D eigenvalue weighted by Gasteiger charge is 2.45. The van der Waals surface area contributed by atoms with Gasteiger partial charge in [0.25, 0.3) is 0 Å². The van der Waals surface area contributed by atoms with Crippen LogP contribution >= 0.6 is 0 Å². The van der Waals surface area contributed by atoms with Crippen molar-refractivity contribution in [3.8, 4) is 100 Å². The van der Waals surface area contributed by atoms with Gasteiger partial charge in [0.2, 0.25) is 0 Å². The van der Waals surface area contributed by atoms with E-state index in [1.165, 1.54) is 106 Å². The highest BCUT2D eigenvalue weighted by molar-refractivity contribution is 6.06. The second kappa shape index (κ2) is 25.6. The molecule has 2 atom stereocenters. The van der Waals surface area contributed by atoms with Gasteiger partial charge in [0, 0.05) is 60.9 Å². The molecule has 0 radical (unpaired) electrons. The molecular formula is C105H78N2O. The Morgan fingerprint density at radius 2 is 0.528 bits per heavy atom. The third-order valence-corrected chi connectivity index (χ3v) is 24.1. The molecule has 514 valence electrons. The molecule has 0 N–H and O–H groups in total. The standard InChI is InChI=1S/C105H78N2O/c1-103(2)93-45-17-11-41-85(93)88-55-51-75(65-96(88)103)71-31-23-35-79(61-71)106(99-48-20-14-39-83(99)69-27-7-5-8-28-69)80-36-24-32-72(62-80)76-52-56-89-86-42-12-18-46-94(86)104(3,97(89)66-76)59-60-105(4)95-47-19-13-43-87(95)90-57-53-77(67-98(90)105)73-33-25-37-81(63-73)107(100-49-21-15-40-84(100)70-29-9-6-10-30-70)82-38-26-34-74(64-82)78-54-58-92-91-44-16-22-50-101(91)108-102(92)68-78/h5-58,61-68H,59-60H2,1-4H3. The van der Waals surface area contributed by atoms with Gasteiger partial charge in [0.05, 0.1) is 11.4 Å². The fourth-order valence-corrected chi connectivity index (χ4v) is 18.6. The van der Waals surface area contributed by atoms with Crippen molar-refractivity contribution in [3.63, 3.8) is 0 Å². The lowest BCUT2D eigenvalue weighted by molar-refractivity contribution is 0.424. The number of anilines is 6. The van der Waals surface area contributed by atoms with Gasteiger partial charge in [0.15, 0.2) is 0 Å². The molecule has 3 aliphatic rings. The lowest BCUT2D eigenvalue weighted by Gasteiger charge is -2.34. The number of hydrogen-bond donors (Lipinski definition) is 0. The van der Waals surface area contributed by atoms with Crippen LogP contribution in [-0.2, 0) is 16.2 Å². The Morgan fingerprint density at radius 1 is 0.213 bits per heavy atom. The first-order chi connectivity index (χ1) is 53.0. The molecule has 3 nitrogen and oxygen atoms in total. The van der Waals surface area contributed by atoms with Crippen LogP contribution in [0.2, 0.25) is 0 Å². The van der Waals surface area contributed by atoms with E-state index in [4.69, 9.17) is 4.42 Å². The highest BCUT2D eigenvalue weighted by atomic mass is 16.3. The smallest absolute Gasteiger partial charge is 0.136 e. The van der Waals surface area contributed by atoms with E-state index in [2.05, 4.69) is 401 Å². The maximum Gasteiger partial charge on any atom is 0.136 e. The van der Waals surface area contributed by atoms with Crippen LogP contribution in [0, 0.1) is 0 Å². The van der Waals surface area contributed by atoms with E-state index in [1.54, 1.807) is 0 Å². The first-order valence-electron chi connectivity index (χ1n) is 38.0. The molecule has 108 heavy (non-hydrogen) atoms. The second-order valence-corrected chi connectivity index (χ2v) is 30.7. The Morgan fingerprint density at radius 3 is 0.991 bits per heavy atom. The Hall–Kier alpha value is -13.1. The summed E-state index contributed by atoms with van der Waals surface area (Å²) in [6, 6.07) is 140. The van der Waals surface area contributed by atoms with Gasteiger partial charge in [-0.2, -0.15) is 0 Å². The van der Waals surface area contributed by atoms with Crippen LogP contribution in [0.4, 0.5) is 34.1 Å². The highest BCUT2D eigenvalue weighted by Crippen LogP contribution is 2.59. The molecule has 0 fully saturated rings. The molecule has 0 saturated carbocycles. The van der Waals surface area contributed by atoms with E-state index < -0.39 is 0 Å². The van der Waals surface area contributed by atoms with Gasteiger partial charge in [-0.3, -0.25) is 0 Å². The van der Waals surface area contributed by atoms with E-state index in [0.29, 0.717) is 0 Å². The molecule has 17 aromatic rings. The lowest BCUT2D eigenvalue weighted by Crippen LogP contribution is -2.28. The van der Waals surface area contributed by atoms with Crippen molar-refractivity contribution in [3.05, 3.63) is 409 Å². The van der Waals surface area contributed by atoms with Crippen molar-refractivity contribution in [2.24, 2.45) is 0 Å². The molecule has 0 aliphatic heterocycles. The molecule has 0 bridgehead atoms. The first kappa shape index (κ1) is 64.5. The molecule has 1 aromatic heterocycles. The third-order valence-electron chi connectivity index (χ3n) is 24.1. The van der Waals surface area contributed by atoms with Crippen molar-refractivity contribution < 1.29 is 4.42 Å². The monoisotopic (exact) mass is 1380 g/mol. The zero-order valence-corrected chi connectivity index (χ0v) is 61.0. The molecule has 2 unspecified atom stereocenters. The largest absolute Gasteiger partial charge is 0.456 e. The van der Waals surface area contributed by atoms with Crippen molar-refractivity contribution in [1.82, 2.24) is 0 Å². The summed E-state index contributed by atoms with van der Waals surface area (Å²) in [5.74, 6) is 0. The van der Waals surface area contributed by atoms with E-state index in [-0.39, 0.29) is 16.2 Å². The number of fused-ring (bicyclic) bond motifs is 12. The van der Waals surface area contributed by atoms with Gasteiger partial charge in [0.1, 0.15) is 11.2 Å². The van der Waals surface area contributed by atoms with E-state index in [1.807, 2.05) is 12.1 Å². The Bertz CT molecular complexity index is 6410. The van der Waals surface area contributed by atoms with Gasteiger partial charge in [-0.1, -0.05) is 307 Å². The molecule has 20 rings (SSSR count). The third kappa shape index (κ3) is 10.6. The number of para-hydroxylation sites is 3. The van der Waals surface area contributed by atoms with Gasteiger partial charge >= 0.3 is 0 Å². The normalized spacial score (nSPS) is 15.4. The van der Waals surface area contributed by atoms with Crippen molar-refractivity contribution >= 4 is 56.1 Å². The number of hydrogen-bond acceptors (Lipinski definition) is 3. The molecule has 16 aromatic carbocycles. The summed E-state index contributed by atoms with van der Waals surface area (Å²) in [6.07, 6.45) is 1.86. The molecule has 1 heterocycles. The van der Waals surface area contributed by atoms with Gasteiger partial charge in [-0.05, 0) is 232 Å². The predicted molar refractivity (Wildman–Crippen MR) is 453 cm³/mol. The summed E-state index contributed by atoms with van der Waals surface area (Å²) in [5.41, 5.74) is 37.8. The molecular weight excluding hydrogens is 1310 g/mol. The molecule has 0 saturated heterocycles. The van der Waals surface area contributed by atoms with Crippen LogP contribution in [0.3, 0.4) is 0 Å². The zero-order chi connectivity index (χ0) is 72.2. The van der Waals surface area contributed by atoms with Crippen molar-refractivity contribution in [1.29, 1.82) is 0 Å². The van der Waals surface area contributed by atoms with Crippen LogP contribution in [0.1, 0.15) is 73.9 Å². The summed E-state index contributed by atoms with van der Waals surface area (Å²) in [4.78, 5) is 4.92. The second-order valence-electron chi connectivity index (χ2n) is 30.7. The SMILES string of the molecule is CC1(C)c2ccccc2-c2ccc(-c3cccc(N(c4cccc(-c5ccc6c(c5)C(C)(CCC5(C)c7ccccc7-c7ccc(-c8cccc(N(c9cccc(-c%10ccc%11c(c%10)oc%10ccccc%10%11)c9)c9ccccc9-c9ccccc9)c8)cc75)c5ccccc5-6)c4)c4ccccc4-c4ccccc4)c3)cc21. The fourth-order valence-electron chi connectivity index (χ4n) is 18.6. The first-order valence-corrected chi connectivity index (χ1v) is 38.0. The van der Waals surface area contributed by atoms with Crippen LogP contribution in [0.15, 0.2) is 381 Å². The summed E-state index contributed by atoms with van der Waals surface area (Å²) in [6.45, 7) is 9.78. The fraction of sp³-hybridized carbons (Fsp3) is 0.0857. The summed E-state index contributed by atoms with van der Waals surface area (Å²) in [5, 5.41) is 2.25. The number of benzene rings is 16. The van der Waals surface area contributed by atoms with Gasteiger partial charge in [-0.25, -0.2) is 0 Å². The van der Waals surface area contributed by atoms with Crippen LogP contribution in [-0.4, -0.2) is 0 Å². The minimum Gasteiger partial charge on any atom is -0.456 e. The quantitative estimate of drug-likeness (QED) is 0.102. The van der Waals surface area contributed by atoms with Crippen LogP contribution in [0.5, 0.6) is 0 Å². The average molecular weight is 1380 g/mol. The molecule has 0 amide bonds. The van der Waals surface area contributed by atoms with E-state index >= 15 is 0 Å². The Balaban J connectivity index is 0.653. The Kier molecular flexibility index (Phi) is 15.3. The summed E-state index contributed by atoms with van der Waals surface area (Å²) >= 11 is 0.